The van der Waals surface area contributed by atoms with Gasteiger partial charge >= 0.3 is 0 Å². The van der Waals surface area contributed by atoms with Crippen molar-refractivity contribution in [3.8, 4) is 11.1 Å². The van der Waals surface area contributed by atoms with Crippen LogP contribution in [0.2, 0.25) is 0 Å². The van der Waals surface area contributed by atoms with Crippen LogP contribution in [0.15, 0.2) is 48.5 Å². The molecule has 3 heterocycles. The van der Waals surface area contributed by atoms with Crippen LogP contribution in [0.5, 0.6) is 0 Å². The summed E-state index contributed by atoms with van der Waals surface area (Å²) in [5, 5.41) is 1.13. The number of hydrogen-bond acceptors (Lipinski definition) is 5. The van der Waals surface area contributed by atoms with Crippen molar-refractivity contribution in [2.24, 2.45) is 5.92 Å². The third-order valence-corrected chi connectivity index (χ3v) is 6.36. The predicted octanol–water partition coefficient (Wildman–Crippen LogP) is 4.29. The Morgan fingerprint density at radius 1 is 0.900 bits per heavy atom. The molecule has 0 unspecified atom stereocenters. The fraction of sp³-hybridized carbons (Fsp3) is 0.400. The van der Waals surface area contributed by atoms with Crippen LogP contribution in [0.25, 0.3) is 22.0 Å². The second-order valence-corrected chi connectivity index (χ2v) is 8.29. The Morgan fingerprint density at radius 2 is 1.63 bits per heavy atom. The largest absolute Gasteiger partial charge is 0.382 e. The molecule has 156 valence electrons. The minimum Gasteiger partial charge on any atom is -0.382 e. The number of nitrogens with two attached hydrogens (primary N) is 1. The van der Waals surface area contributed by atoms with E-state index in [-0.39, 0.29) is 0 Å². The molecule has 5 rings (SSSR count). The lowest BCUT2D eigenvalue weighted by Crippen LogP contribution is -2.36. The fourth-order valence-electron chi connectivity index (χ4n) is 4.70. The van der Waals surface area contributed by atoms with E-state index in [9.17, 15) is 0 Å². The van der Waals surface area contributed by atoms with Gasteiger partial charge in [0.05, 0.1) is 24.4 Å². The molecule has 2 fully saturated rings. The highest BCUT2D eigenvalue weighted by Gasteiger charge is 2.19. The normalized spacial score (nSPS) is 18.1. The Hall–Kier alpha value is -2.63. The van der Waals surface area contributed by atoms with Crippen molar-refractivity contribution in [1.29, 1.82) is 0 Å². The van der Waals surface area contributed by atoms with Crippen molar-refractivity contribution in [3.63, 3.8) is 0 Å². The minimum absolute atomic E-state index is 0.596. The minimum atomic E-state index is 0.596. The molecule has 0 spiro atoms. The summed E-state index contributed by atoms with van der Waals surface area (Å²) in [6, 6.07) is 17.4. The lowest BCUT2D eigenvalue weighted by Gasteiger charge is -2.29. The van der Waals surface area contributed by atoms with Gasteiger partial charge in [0.15, 0.2) is 0 Å². The van der Waals surface area contributed by atoms with Gasteiger partial charge in [-0.05, 0) is 42.4 Å². The second kappa shape index (κ2) is 8.62. The highest BCUT2D eigenvalue weighted by Crippen LogP contribution is 2.35. The molecule has 0 bridgehead atoms. The van der Waals surface area contributed by atoms with Crippen LogP contribution in [0.4, 0.5) is 11.5 Å². The number of aromatic nitrogens is 1. The Labute approximate surface area is 177 Å². The van der Waals surface area contributed by atoms with Crippen molar-refractivity contribution in [3.05, 3.63) is 54.1 Å². The average Bonchev–Trinajstić information content (AvgIpc) is 2.80. The second-order valence-electron chi connectivity index (χ2n) is 8.29. The number of nitrogens with zero attached hydrogens (tertiary/aromatic N) is 2. The number of nitrogen functional groups attached to an aromatic ring is 1. The summed E-state index contributed by atoms with van der Waals surface area (Å²) < 4.78 is 11.0. The Kier molecular flexibility index (Phi) is 5.56. The van der Waals surface area contributed by atoms with Crippen molar-refractivity contribution in [1.82, 2.24) is 4.98 Å². The Bertz CT molecular complexity index is 1020. The summed E-state index contributed by atoms with van der Waals surface area (Å²) in [6.07, 6.45) is 3.35. The SMILES string of the molecule is Nc1nc2c(-c3ccccc3CC3CCOCC3)cccc2cc1N1CCOCC1. The van der Waals surface area contributed by atoms with Gasteiger partial charge in [-0.15, -0.1) is 0 Å². The summed E-state index contributed by atoms with van der Waals surface area (Å²) in [6.45, 7) is 4.93. The maximum absolute atomic E-state index is 6.44. The highest BCUT2D eigenvalue weighted by atomic mass is 16.5. The van der Waals surface area contributed by atoms with E-state index >= 15 is 0 Å². The number of morpholine rings is 1. The molecule has 30 heavy (non-hydrogen) atoms. The average molecular weight is 404 g/mol. The molecule has 1 aromatic heterocycles. The van der Waals surface area contributed by atoms with Crippen molar-refractivity contribution >= 4 is 22.4 Å². The Morgan fingerprint density at radius 3 is 2.47 bits per heavy atom. The lowest BCUT2D eigenvalue weighted by molar-refractivity contribution is 0.0666. The van der Waals surface area contributed by atoms with Crippen LogP contribution in [0, 0.1) is 5.92 Å². The van der Waals surface area contributed by atoms with Gasteiger partial charge in [-0.25, -0.2) is 4.98 Å². The molecule has 2 saturated heterocycles. The fourth-order valence-corrected chi connectivity index (χ4v) is 4.70. The van der Waals surface area contributed by atoms with E-state index in [1.54, 1.807) is 0 Å². The predicted molar refractivity (Wildman–Crippen MR) is 122 cm³/mol. The third kappa shape index (κ3) is 3.87. The number of anilines is 2. The molecule has 2 aliphatic rings. The zero-order valence-corrected chi connectivity index (χ0v) is 17.3. The van der Waals surface area contributed by atoms with Crippen molar-refractivity contribution in [2.75, 3.05) is 50.2 Å². The summed E-state index contributed by atoms with van der Waals surface area (Å²) in [5.41, 5.74) is 12.2. The van der Waals surface area contributed by atoms with E-state index < -0.39 is 0 Å². The van der Waals surface area contributed by atoms with Gasteiger partial charge in [0.25, 0.3) is 0 Å². The first-order valence-electron chi connectivity index (χ1n) is 11.0. The smallest absolute Gasteiger partial charge is 0.147 e. The highest BCUT2D eigenvalue weighted by molar-refractivity contribution is 5.97. The van der Waals surface area contributed by atoms with Gasteiger partial charge in [0.1, 0.15) is 5.82 Å². The number of para-hydroxylation sites is 1. The molecule has 0 saturated carbocycles. The number of ether oxygens (including phenoxy) is 2. The van der Waals surface area contributed by atoms with Crippen LogP contribution >= 0.6 is 0 Å². The van der Waals surface area contributed by atoms with Crippen LogP contribution in [-0.2, 0) is 15.9 Å². The van der Waals surface area contributed by atoms with E-state index in [0.29, 0.717) is 11.7 Å². The lowest BCUT2D eigenvalue weighted by atomic mass is 9.88. The monoisotopic (exact) mass is 403 g/mol. The molecule has 0 atom stereocenters. The molecule has 0 radical (unpaired) electrons. The number of fused-ring (bicyclic) bond motifs is 1. The van der Waals surface area contributed by atoms with Crippen LogP contribution in [0.3, 0.4) is 0 Å². The molecule has 3 aromatic rings. The van der Waals surface area contributed by atoms with E-state index in [0.717, 1.165) is 80.9 Å². The van der Waals surface area contributed by atoms with Crippen molar-refractivity contribution in [2.45, 2.75) is 19.3 Å². The van der Waals surface area contributed by atoms with Crippen LogP contribution in [-0.4, -0.2) is 44.5 Å². The summed E-state index contributed by atoms with van der Waals surface area (Å²) in [4.78, 5) is 7.17. The molecule has 0 aliphatic carbocycles. The van der Waals surface area contributed by atoms with Gasteiger partial charge in [0.2, 0.25) is 0 Å². The Balaban J connectivity index is 1.54. The van der Waals surface area contributed by atoms with E-state index in [2.05, 4.69) is 53.4 Å². The first-order valence-corrected chi connectivity index (χ1v) is 11.0. The maximum Gasteiger partial charge on any atom is 0.147 e. The molecule has 2 aliphatic heterocycles. The van der Waals surface area contributed by atoms with Gasteiger partial charge in [-0.3, -0.25) is 0 Å². The molecule has 2 aromatic carbocycles. The maximum atomic E-state index is 6.44. The van der Waals surface area contributed by atoms with E-state index in [4.69, 9.17) is 20.2 Å². The molecule has 5 nitrogen and oxygen atoms in total. The van der Waals surface area contributed by atoms with Gasteiger partial charge < -0.3 is 20.1 Å². The van der Waals surface area contributed by atoms with E-state index in [1.807, 2.05) is 0 Å². The number of hydrogen-bond donors (Lipinski definition) is 1. The topological polar surface area (TPSA) is 60.6 Å². The van der Waals surface area contributed by atoms with Crippen molar-refractivity contribution < 1.29 is 9.47 Å². The zero-order valence-electron chi connectivity index (χ0n) is 17.3. The standard InChI is InChI=1S/C25H29N3O2/c26-25-23(28-10-14-30-15-11-28)17-20-5-3-7-22(24(20)27-25)21-6-2-1-4-19(21)16-18-8-12-29-13-9-18/h1-7,17-18H,8-16H2,(H2,26,27). The number of rotatable bonds is 4. The molecule has 0 amide bonds. The number of pyridine rings is 1. The van der Waals surface area contributed by atoms with Gasteiger partial charge in [-0.1, -0.05) is 42.5 Å². The summed E-state index contributed by atoms with van der Waals surface area (Å²) >= 11 is 0. The molecule has 5 heteroatoms. The first-order chi connectivity index (χ1) is 14.8. The van der Waals surface area contributed by atoms with Gasteiger partial charge in [0, 0.05) is 37.3 Å². The van der Waals surface area contributed by atoms with E-state index in [1.165, 1.54) is 11.1 Å². The zero-order chi connectivity index (χ0) is 20.3. The van der Waals surface area contributed by atoms with Crippen LogP contribution < -0.4 is 10.6 Å². The molecule has 2 N–H and O–H groups in total. The quantitative estimate of drug-likeness (QED) is 0.704. The first kappa shape index (κ1) is 19.3. The van der Waals surface area contributed by atoms with Crippen LogP contribution in [0.1, 0.15) is 18.4 Å². The number of benzene rings is 2. The summed E-state index contributed by atoms with van der Waals surface area (Å²) in [7, 11) is 0. The summed E-state index contributed by atoms with van der Waals surface area (Å²) in [5.74, 6) is 1.28. The molecular formula is C25H29N3O2. The molecular weight excluding hydrogens is 374 g/mol. The third-order valence-electron chi connectivity index (χ3n) is 6.36. The van der Waals surface area contributed by atoms with Gasteiger partial charge in [-0.2, -0.15) is 0 Å².